The SMILES string of the molecule is CC[C@@H](C)NC(=O)CCN(C[C@@H]1CCCO1)C(=O)c1cc(C)oc1C. The van der Waals surface area contributed by atoms with Crippen LogP contribution in [0.2, 0.25) is 0 Å². The lowest BCUT2D eigenvalue weighted by Crippen LogP contribution is -2.41. The number of carbonyl (C=O) groups excluding carboxylic acids is 2. The molecule has 0 bridgehead atoms. The average Bonchev–Trinajstić information content (AvgIpc) is 3.19. The highest BCUT2D eigenvalue weighted by Crippen LogP contribution is 2.19. The van der Waals surface area contributed by atoms with E-state index in [1.807, 2.05) is 20.8 Å². The first-order valence-electron chi connectivity index (χ1n) is 9.18. The second kappa shape index (κ2) is 9.04. The normalized spacial score (nSPS) is 18.2. The Morgan fingerprint density at radius 3 is 2.72 bits per heavy atom. The first-order chi connectivity index (χ1) is 11.9. The highest BCUT2D eigenvalue weighted by Gasteiger charge is 2.26. The summed E-state index contributed by atoms with van der Waals surface area (Å²) in [4.78, 5) is 26.7. The Labute approximate surface area is 149 Å². The second-order valence-electron chi connectivity index (χ2n) is 6.84. The van der Waals surface area contributed by atoms with Crippen molar-refractivity contribution in [2.75, 3.05) is 19.7 Å². The summed E-state index contributed by atoms with van der Waals surface area (Å²) < 4.78 is 11.2. The molecule has 0 unspecified atom stereocenters. The fourth-order valence-electron chi connectivity index (χ4n) is 3.01. The number of furan rings is 1. The molecule has 0 radical (unpaired) electrons. The van der Waals surface area contributed by atoms with Gasteiger partial charge >= 0.3 is 0 Å². The van der Waals surface area contributed by atoms with Gasteiger partial charge in [-0.15, -0.1) is 0 Å². The van der Waals surface area contributed by atoms with Gasteiger partial charge in [-0.1, -0.05) is 6.92 Å². The molecule has 140 valence electrons. The summed E-state index contributed by atoms with van der Waals surface area (Å²) in [5.41, 5.74) is 0.567. The molecule has 1 aliphatic heterocycles. The molecule has 0 spiro atoms. The van der Waals surface area contributed by atoms with Crippen molar-refractivity contribution < 1.29 is 18.7 Å². The van der Waals surface area contributed by atoms with Crippen LogP contribution in [0.5, 0.6) is 0 Å². The van der Waals surface area contributed by atoms with Gasteiger partial charge in [0.2, 0.25) is 5.91 Å². The number of nitrogens with one attached hydrogen (secondary N) is 1. The molecule has 2 atom stereocenters. The average molecular weight is 350 g/mol. The number of carbonyl (C=O) groups is 2. The molecule has 1 aromatic heterocycles. The number of nitrogens with zero attached hydrogens (tertiary/aromatic N) is 1. The summed E-state index contributed by atoms with van der Waals surface area (Å²) in [6, 6.07) is 1.91. The quantitative estimate of drug-likeness (QED) is 0.782. The van der Waals surface area contributed by atoms with Crippen LogP contribution in [-0.2, 0) is 9.53 Å². The molecule has 25 heavy (non-hydrogen) atoms. The molecule has 1 aromatic rings. The molecule has 1 N–H and O–H groups in total. The van der Waals surface area contributed by atoms with E-state index in [9.17, 15) is 9.59 Å². The molecule has 1 aliphatic rings. The van der Waals surface area contributed by atoms with E-state index in [2.05, 4.69) is 5.32 Å². The molecule has 6 nitrogen and oxygen atoms in total. The van der Waals surface area contributed by atoms with E-state index in [0.29, 0.717) is 36.6 Å². The van der Waals surface area contributed by atoms with E-state index >= 15 is 0 Å². The van der Waals surface area contributed by atoms with Gasteiger partial charge in [0.1, 0.15) is 11.5 Å². The molecule has 0 aliphatic carbocycles. The molecule has 2 rings (SSSR count). The summed E-state index contributed by atoms with van der Waals surface area (Å²) >= 11 is 0. The zero-order chi connectivity index (χ0) is 18.4. The Balaban J connectivity index is 2.03. The second-order valence-corrected chi connectivity index (χ2v) is 6.84. The predicted molar refractivity (Wildman–Crippen MR) is 95.6 cm³/mol. The summed E-state index contributed by atoms with van der Waals surface area (Å²) in [6.45, 7) is 9.26. The molecule has 2 heterocycles. The van der Waals surface area contributed by atoms with E-state index in [1.54, 1.807) is 17.9 Å². The Kier molecular flexibility index (Phi) is 7.05. The van der Waals surface area contributed by atoms with Crippen LogP contribution in [-0.4, -0.2) is 48.6 Å². The molecule has 6 heteroatoms. The minimum absolute atomic E-state index is 0.0282. The van der Waals surface area contributed by atoms with Crippen molar-refractivity contribution in [3.05, 3.63) is 23.2 Å². The fraction of sp³-hybridized carbons (Fsp3) is 0.684. The monoisotopic (exact) mass is 350 g/mol. The minimum atomic E-state index is -0.0961. The van der Waals surface area contributed by atoms with E-state index in [4.69, 9.17) is 9.15 Å². The number of hydrogen-bond acceptors (Lipinski definition) is 4. The molecule has 0 aromatic carbocycles. The Bertz CT molecular complexity index is 590. The summed E-state index contributed by atoms with van der Waals surface area (Å²) in [5.74, 6) is 1.21. The Morgan fingerprint density at radius 1 is 1.40 bits per heavy atom. The predicted octanol–water partition coefficient (Wildman–Crippen LogP) is 2.82. The highest BCUT2D eigenvalue weighted by atomic mass is 16.5. The van der Waals surface area contributed by atoms with E-state index < -0.39 is 0 Å². The Hall–Kier alpha value is -1.82. The van der Waals surface area contributed by atoms with Crippen LogP contribution >= 0.6 is 0 Å². The van der Waals surface area contributed by atoms with Crippen LogP contribution < -0.4 is 5.32 Å². The third-order valence-electron chi connectivity index (χ3n) is 4.64. The highest BCUT2D eigenvalue weighted by molar-refractivity contribution is 5.95. The largest absolute Gasteiger partial charge is 0.466 e. The van der Waals surface area contributed by atoms with Crippen LogP contribution in [0.4, 0.5) is 0 Å². The smallest absolute Gasteiger partial charge is 0.257 e. The van der Waals surface area contributed by atoms with Gasteiger partial charge in [0.05, 0.1) is 11.7 Å². The van der Waals surface area contributed by atoms with Crippen molar-refractivity contribution in [1.82, 2.24) is 10.2 Å². The lowest BCUT2D eigenvalue weighted by Gasteiger charge is -2.25. The van der Waals surface area contributed by atoms with Crippen molar-refractivity contribution in [2.24, 2.45) is 0 Å². The minimum Gasteiger partial charge on any atom is -0.466 e. The molecular formula is C19H30N2O4. The van der Waals surface area contributed by atoms with Crippen LogP contribution in [0.1, 0.15) is 61.4 Å². The number of amides is 2. The van der Waals surface area contributed by atoms with E-state index in [1.165, 1.54) is 0 Å². The van der Waals surface area contributed by atoms with Gasteiger partial charge in [-0.3, -0.25) is 9.59 Å². The standard InChI is InChI=1S/C19H30N2O4/c1-5-13(2)20-18(22)8-9-21(12-16-7-6-10-24-16)19(23)17-11-14(3)25-15(17)4/h11,13,16H,5-10,12H2,1-4H3,(H,20,22)/t13-,16+/m1/s1. The summed E-state index contributed by atoms with van der Waals surface area (Å²) in [7, 11) is 0. The van der Waals surface area contributed by atoms with Crippen LogP contribution in [0.15, 0.2) is 10.5 Å². The van der Waals surface area contributed by atoms with Gasteiger partial charge in [0.15, 0.2) is 0 Å². The van der Waals surface area contributed by atoms with E-state index in [-0.39, 0.29) is 24.0 Å². The van der Waals surface area contributed by atoms with Crippen molar-refractivity contribution >= 4 is 11.8 Å². The van der Waals surface area contributed by atoms with Crippen molar-refractivity contribution in [2.45, 2.75) is 65.5 Å². The van der Waals surface area contributed by atoms with Crippen molar-refractivity contribution in [3.63, 3.8) is 0 Å². The van der Waals surface area contributed by atoms with Gasteiger partial charge in [0.25, 0.3) is 5.91 Å². The lowest BCUT2D eigenvalue weighted by molar-refractivity contribution is -0.122. The maximum Gasteiger partial charge on any atom is 0.257 e. The molecule has 1 saturated heterocycles. The summed E-state index contributed by atoms with van der Waals surface area (Å²) in [5, 5.41) is 2.95. The zero-order valence-electron chi connectivity index (χ0n) is 15.8. The van der Waals surface area contributed by atoms with Crippen molar-refractivity contribution in [3.8, 4) is 0 Å². The van der Waals surface area contributed by atoms with Crippen LogP contribution in [0.25, 0.3) is 0 Å². The fourth-order valence-corrected chi connectivity index (χ4v) is 3.01. The number of ether oxygens (including phenoxy) is 1. The van der Waals surface area contributed by atoms with Gasteiger partial charge in [-0.05, 0) is 46.1 Å². The number of aryl methyl sites for hydroxylation is 2. The third-order valence-corrected chi connectivity index (χ3v) is 4.64. The van der Waals surface area contributed by atoms with Gasteiger partial charge in [-0.2, -0.15) is 0 Å². The maximum atomic E-state index is 12.9. The molecule has 0 saturated carbocycles. The van der Waals surface area contributed by atoms with Gasteiger partial charge in [0, 0.05) is 32.2 Å². The lowest BCUT2D eigenvalue weighted by atomic mass is 10.1. The molecule has 1 fully saturated rings. The van der Waals surface area contributed by atoms with Gasteiger partial charge < -0.3 is 19.4 Å². The van der Waals surface area contributed by atoms with Crippen LogP contribution in [0.3, 0.4) is 0 Å². The first kappa shape index (κ1) is 19.5. The molecular weight excluding hydrogens is 320 g/mol. The number of hydrogen-bond donors (Lipinski definition) is 1. The van der Waals surface area contributed by atoms with Crippen molar-refractivity contribution in [1.29, 1.82) is 0 Å². The third kappa shape index (κ3) is 5.59. The maximum absolute atomic E-state index is 12.9. The summed E-state index contributed by atoms with van der Waals surface area (Å²) in [6.07, 6.45) is 3.20. The number of rotatable bonds is 8. The zero-order valence-corrected chi connectivity index (χ0v) is 15.8. The topological polar surface area (TPSA) is 71.8 Å². The Morgan fingerprint density at radius 2 is 2.16 bits per heavy atom. The molecule has 2 amide bonds. The van der Waals surface area contributed by atoms with Crippen LogP contribution in [0, 0.1) is 13.8 Å². The first-order valence-corrected chi connectivity index (χ1v) is 9.18. The van der Waals surface area contributed by atoms with E-state index in [0.717, 1.165) is 25.9 Å². The van der Waals surface area contributed by atoms with Gasteiger partial charge in [-0.25, -0.2) is 0 Å².